The van der Waals surface area contributed by atoms with Crippen LogP contribution in [0.3, 0.4) is 0 Å². The van der Waals surface area contributed by atoms with Gasteiger partial charge >= 0.3 is 0 Å². The number of rotatable bonds is 6. The highest BCUT2D eigenvalue weighted by molar-refractivity contribution is 7.89. The van der Waals surface area contributed by atoms with Gasteiger partial charge in [0.2, 0.25) is 10.0 Å². The summed E-state index contributed by atoms with van der Waals surface area (Å²) < 4.78 is 55.3. The fourth-order valence-electron chi connectivity index (χ4n) is 3.30. The second-order valence-corrected chi connectivity index (χ2v) is 8.93. The van der Waals surface area contributed by atoms with E-state index in [0.29, 0.717) is 22.7 Å². The van der Waals surface area contributed by atoms with E-state index in [1.165, 1.54) is 24.4 Å². The van der Waals surface area contributed by atoms with Crippen LogP contribution in [0.15, 0.2) is 53.7 Å². The third-order valence-electron chi connectivity index (χ3n) is 4.67. The molecule has 3 aromatic heterocycles. The van der Waals surface area contributed by atoms with Crippen LogP contribution in [-0.2, 0) is 10.0 Å². The van der Waals surface area contributed by atoms with Gasteiger partial charge in [-0.2, -0.15) is 5.26 Å². The fourth-order valence-corrected chi connectivity index (χ4v) is 4.49. The van der Waals surface area contributed by atoms with Gasteiger partial charge in [0, 0.05) is 35.1 Å². The van der Waals surface area contributed by atoms with Crippen LogP contribution >= 0.6 is 0 Å². The van der Waals surface area contributed by atoms with E-state index in [9.17, 15) is 22.5 Å². The summed E-state index contributed by atoms with van der Waals surface area (Å²) in [6.45, 7) is 3.41. The van der Waals surface area contributed by atoms with Crippen LogP contribution in [-0.4, -0.2) is 29.0 Å². The maximum atomic E-state index is 13.2. The molecule has 3 heterocycles. The summed E-state index contributed by atoms with van der Waals surface area (Å²) in [6.07, 6.45) is 4.93. The topological polar surface area (TPSA) is 101 Å². The maximum Gasteiger partial charge on any atom is 0.265 e. The number of nitriles is 1. The van der Waals surface area contributed by atoms with E-state index >= 15 is 0 Å². The first kappa shape index (κ1) is 20.8. The maximum absolute atomic E-state index is 13.2. The van der Waals surface area contributed by atoms with Gasteiger partial charge in [-0.05, 0) is 44.2 Å². The molecule has 7 nitrogen and oxygen atoms in total. The van der Waals surface area contributed by atoms with Gasteiger partial charge < -0.3 is 0 Å². The molecule has 0 aromatic carbocycles. The second-order valence-electron chi connectivity index (χ2n) is 7.22. The summed E-state index contributed by atoms with van der Waals surface area (Å²) in [6, 6.07) is 5.90. The van der Waals surface area contributed by atoms with Crippen molar-refractivity contribution in [2.24, 2.45) is 0 Å². The van der Waals surface area contributed by atoms with Gasteiger partial charge in [0.05, 0.1) is 17.0 Å². The van der Waals surface area contributed by atoms with E-state index in [1.54, 1.807) is 36.6 Å². The first-order valence-corrected chi connectivity index (χ1v) is 10.8. The smallest absolute Gasteiger partial charge is 0.265 e. The Morgan fingerprint density at radius 2 is 1.94 bits per heavy atom. The van der Waals surface area contributed by atoms with E-state index in [2.05, 4.69) is 20.8 Å². The first-order valence-electron chi connectivity index (χ1n) is 9.33. The Hall–Kier alpha value is -3.42. The van der Waals surface area contributed by atoms with Crippen molar-refractivity contribution in [1.29, 1.82) is 5.26 Å². The molecule has 0 fully saturated rings. The SMILES string of the molecule is CC(C)NS(=O)(=O)c1ccc(-c2c(C#N)c3cc(C(F)F)cnc3n2C2=CC=C2)nc1. The standard InChI is InChI=1S/C21H17F2N5O2S/c1-12(2)27-31(29,30)15-6-7-18(25-11-15)19-17(9-24)16-8-13(20(22)23)10-26-21(16)28(19)14-4-3-5-14/h3-8,10-12,20,27H,1-2H3. The minimum Gasteiger partial charge on any atom is -0.291 e. The lowest BCUT2D eigenvalue weighted by Crippen LogP contribution is -2.30. The summed E-state index contributed by atoms with van der Waals surface area (Å²) in [4.78, 5) is 8.42. The lowest BCUT2D eigenvalue weighted by atomic mass is 10.1. The fraction of sp³-hybridized carbons (Fsp3) is 0.190. The Labute approximate surface area is 177 Å². The number of hydrogen-bond donors (Lipinski definition) is 1. The zero-order valence-electron chi connectivity index (χ0n) is 16.5. The number of hydrogen-bond acceptors (Lipinski definition) is 5. The molecule has 0 radical (unpaired) electrons. The number of aromatic nitrogens is 3. The Kier molecular flexibility index (Phi) is 5.16. The number of alkyl halides is 2. The second kappa shape index (κ2) is 7.68. The Morgan fingerprint density at radius 3 is 2.45 bits per heavy atom. The van der Waals surface area contributed by atoms with Crippen molar-refractivity contribution in [2.45, 2.75) is 31.2 Å². The molecule has 31 heavy (non-hydrogen) atoms. The number of fused-ring (bicyclic) bond motifs is 1. The molecule has 0 saturated carbocycles. The molecular weight excluding hydrogens is 424 g/mol. The molecular formula is C21H17F2N5O2S. The van der Waals surface area contributed by atoms with Crippen LogP contribution < -0.4 is 4.72 Å². The molecule has 0 aliphatic heterocycles. The molecule has 1 aliphatic rings. The van der Waals surface area contributed by atoms with Crippen LogP contribution in [0.2, 0.25) is 0 Å². The van der Waals surface area contributed by atoms with E-state index < -0.39 is 16.4 Å². The summed E-state index contributed by atoms with van der Waals surface area (Å²) in [5.41, 5.74) is 1.56. The Balaban J connectivity index is 1.92. The minimum absolute atomic E-state index is 0.0213. The molecule has 1 N–H and O–H groups in total. The zero-order chi connectivity index (χ0) is 22.3. The molecule has 0 atom stereocenters. The van der Waals surface area contributed by atoms with E-state index in [-0.39, 0.29) is 27.5 Å². The zero-order valence-corrected chi connectivity index (χ0v) is 17.4. The average molecular weight is 441 g/mol. The van der Waals surface area contributed by atoms with Crippen molar-refractivity contribution in [1.82, 2.24) is 19.3 Å². The third kappa shape index (κ3) is 3.62. The number of sulfonamides is 1. The molecule has 3 aromatic rings. The van der Waals surface area contributed by atoms with E-state index in [1.807, 2.05) is 0 Å². The van der Waals surface area contributed by atoms with E-state index in [4.69, 9.17) is 0 Å². The van der Waals surface area contributed by atoms with Crippen molar-refractivity contribution in [3.63, 3.8) is 0 Å². The number of allylic oxidation sites excluding steroid dienone is 4. The molecule has 0 unspecified atom stereocenters. The molecule has 158 valence electrons. The van der Waals surface area contributed by atoms with Crippen molar-refractivity contribution < 1.29 is 17.2 Å². The lowest BCUT2D eigenvalue weighted by molar-refractivity contribution is 0.151. The quantitative estimate of drug-likeness (QED) is 0.623. The van der Waals surface area contributed by atoms with Crippen LogP contribution in [0.5, 0.6) is 0 Å². The predicted octanol–water partition coefficient (Wildman–Crippen LogP) is 4.00. The van der Waals surface area contributed by atoms with Gasteiger partial charge in [0.25, 0.3) is 6.43 Å². The van der Waals surface area contributed by atoms with Gasteiger partial charge in [-0.25, -0.2) is 26.9 Å². The number of pyridine rings is 2. The molecule has 0 bridgehead atoms. The summed E-state index contributed by atoms with van der Waals surface area (Å²) in [7, 11) is -3.74. The predicted molar refractivity (Wildman–Crippen MR) is 112 cm³/mol. The van der Waals surface area contributed by atoms with Crippen molar-refractivity contribution in [3.05, 3.63) is 59.9 Å². The lowest BCUT2D eigenvalue weighted by Gasteiger charge is -2.15. The van der Waals surface area contributed by atoms with Crippen molar-refractivity contribution in [3.8, 4) is 17.5 Å². The largest absolute Gasteiger partial charge is 0.291 e. The normalized spacial score (nSPS) is 13.5. The first-order chi connectivity index (χ1) is 14.7. The highest BCUT2D eigenvalue weighted by Gasteiger charge is 2.25. The Bertz CT molecular complexity index is 1380. The highest BCUT2D eigenvalue weighted by atomic mass is 32.2. The highest BCUT2D eigenvalue weighted by Crippen LogP contribution is 2.37. The van der Waals surface area contributed by atoms with Crippen LogP contribution in [0.1, 0.15) is 31.4 Å². The monoisotopic (exact) mass is 441 g/mol. The average Bonchev–Trinajstić information content (AvgIpc) is 2.99. The molecule has 10 heteroatoms. The number of halogens is 2. The van der Waals surface area contributed by atoms with Gasteiger partial charge in [0.1, 0.15) is 16.6 Å². The van der Waals surface area contributed by atoms with E-state index in [0.717, 1.165) is 6.20 Å². The van der Waals surface area contributed by atoms with Crippen LogP contribution in [0.4, 0.5) is 8.78 Å². The summed E-state index contributed by atoms with van der Waals surface area (Å²) in [5, 5.41) is 10.1. The third-order valence-corrected chi connectivity index (χ3v) is 6.31. The summed E-state index contributed by atoms with van der Waals surface area (Å²) in [5.74, 6) is 0. The van der Waals surface area contributed by atoms with Crippen LogP contribution in [0.25, 0.3) is 28.1 Å². The van der Waals surface area contributed by atoms with Gasteiger partial charge in [-0.3, -0.25) is 9.55 Å². The van der Waals surface area contributed by atoms with Crippen molar-refractivity contribution in [2.75, 3.05) is 0 Å². The van der Waals surface area contributed by atoms with Crippen molar-refractivity contribution >= 4 is 26.8 Å². The van der Waals surface area contributed by atoms with Crippen LogP contribution in [0, 0.1) is 11.3 Å². The molecule has 0 amide bonds. The number of nitrogens with zero attached hydrogens (tertiary/aromatic N) is 4. The molecule has 1 aliphatic carbocycles. The Morgan fingerprint density at radius 1 is 1.19 bits per heavy atom. The summed E-state index contributed by atoms with van der Waals surface area (Å²) >= 11 is 0. The molecule has 0 saturated heterocycles. The number of nitrogens with one attached hydrogen (secondary N) is 1. The van der Waals surface area contributed by atoms with Gasteiger partial charge in [-0.1, -0.05) is 6.08 Å². The van der Waals surface area contributed by atoms with Gasteiger partial charge in [0.15, 0.2) is 0 Å². The minimum atomic E-state index is -3.74. The van der Waals surface area contributed by atoms with Gasteiger partial charge in [-0.15, -0.1) is 0 Å². The molecule has 0 spiro atoms. The molecule has 4 rings (SSSR count).